The van der Waals surface area contributed by atoms with Crippen LogP contribution in [-0.2, 0) is 23.9 Å². The minimum absolute atomic E-state index is 0. The zero-order valence-electron chi connectivity index (χ0n) is 29.3. The van der Waals surface area contributed by atoms with E-state index in [4.69, 9.17) is 14.3 Å². The van der Waals surface area contributed by atoms with E-state index in [1.807, 2.05) is 92.6 Å². The SMILES string of the molecule is C.C.CC(CC(C)(C)OC(=O)/C=C/c1ccccc1)C(=O)NC1CC(C)(C)N(OCC(OC(=O)c2ccccc2)c2ccccc2)C(C)(C)C1. The van der Waals surface area contributed by atoms with E-state index < -0.39 is 34.7 Å². The molecule has 3 aromatic carbocycles. The van der Waals surface area contributed by atoms with E-state index >= 15 is 0 Å². The molecule has 1 amide bonds. The summed E-state index contributed by atoms with van der Waals surface area (Å²) in [6, 6.07) is 28.0. The number of ether oxygens (including phenoxy) is 2. The number of piperidine rings is 1. The van der Waals surface area contributed by atoms with Crippen LogP contribution in [0.2, 0.25) is 0 Å². The van der Waals surface area contributed by atoms with Gasteiger partial charge in [0.25, 0.3) is 0 Å². The van der Waals surface area contributed by atoms with Gasteiger partial charge in [-0.3, -0.25) is 9.63 Å². The number of benzene rings is 3. The van der Waals surface area contributed by atoms with Crippen molar-refractivity contribution in [2.75, 3.05) is 6.61 Å². The van der Waals surface area contributed by atoms with Crippen LogP contribution in [0.4, 0.5) is 0 Å². The first-order valence-corrected chi connectivity index (χ1v) is 16.7. The molecule has 272 valence electrons. The van der Waals surface area contributed by atoms with Crippen LogP contribution in [0.1, 0.15) is 110 Å². The summed E-state index contributed by atoms with van der Waals surface area (Å²) in [7, 11) is 0. The minimum Gasteiger partial charge on any atom is -0.456 e. The molecule has 8 nitrogen and oxygen atoms in total. The first-order valence-electron chi connectivity index (χ1n) is 16.7. The lowest BCUT2D eigenvalue weighted by Crippen LogP contribution is -2.64. The molecule has 1 fully saturated rings. The first-order chi connectivity index (χ1) is 22.6. The van der Waals surface area contributed by atoms with Crippen molar-refractivity contribution in [3.05, 3.63) is 114 Å². The van der Waals surface area contributed by atoms with Gasteiger partial charge in [-0.25, -0.2) is 9.59 Å². The Balaban J connectivity index is 0.00000433. The Labute approximate surface area is 300 Å². The second-order valence-electron chi connectivity index (χ2n) is 14.5. The van der Waals surface area contributed by atoms with Crippen LogP contribution >= 0.6 is 0 Å². The zero-order valence-corrected chi connectivity index (χ0v) is 29.3. The Bertz CT molecular complexity index is 1520. The Hall–Kier alpha value is -4.27. The molecule has 3 aromatic rings. The van der Waals surface area contributed by atoms with E-state index in [1.165, 1.54) is 6.08 Å². The second kappa shape index (κ2) is 18.1. The Morgan fingerprint density at radius 3 is 1.94 bits per heavy atom. The van der Waals surface area contributed by atoms with Crippen LogP contribution in [0.5, 0.6) is 0 Å². The molecule has 2 atom stereocenters. The number of esters is 2. The van der Waals surface area contributed by atoms with Crippen LogP contribution in [0, 0.1) is 5.92 Å². The van der Waals surface area contributed by atoms with Gasteiger partial charge in [-0.1, -0.05) is 101 Å². The Morgan fingerprint density at radius 2 is 1.38 bits per heavy atom. The number of hydrogen-bond acceptors (Lipinski definition) is 7. The molecular formula is C42H58N2O6. The van der Waals surface area contributed by atoms with E-state index in [-0.39, 0.29) is 39.3 Å². The summed E-state index contributed by atoms with van der Waals surface area (Å²) >= 11 is 0. The zero-order chi connectivity index (χ0) is 35.0. The lowest BCUT2D eigenvalue weighted by Gasteiger charge is -2.54. The van der Waals surface area contributed by atoms with E-state index in [0.717, 1.165) is 11.1 Å². The second-order valence-corrected chi connectivity index (χ2v) is 14.5. The van der Waals surface area contributed by atoms with Crippen LogP contribution in [0.3, 0.4) is 0 Å². The number of carbonyl (C=O) groups excluding carboxylic acids is 3. The van der Waals surface area contributed by atoms with Crippen molar-refractivity contribution in [2.45, 2.75) is 111 Å². The molecule has 0 aromatic heterocycles. The van der Waals surface area contributed by atoms with Crippen LogP contribution in [0.25, 0.3) is 6.08 Å². The van der Waals surface area contributed by atoms with Crippen molar-refractivity contribution in [2.24, 2.45) is 5.92 Å². The predicted octanol–water partition coefficient (Wildman–Crippen LogP) is 8.99. The van der Waals surface area contributed by atoms with Crippen molar-refractivity contribution >= 4 is 23.9 Å². The summed E-state index contributed by atoms with van der Waals surface area (Å²) in [6.45, 7) is 14.0. The molecule has 0 saturated carbocycles. The average molecular weight is 687 g/mol. The number of nitrogens with zero attached hydrogens (tertiary/aromatic N) is 1. The highest BCUT2D eigenvalue weighted by Gasteiger charge is 2.47. The van der Waals surface area contributed by atoms with Gasteiger partial charge in [0, 0.05) is 29.1 Å². The van der Waals surface area contributed by atoms with Gasteiger partial charge in [-0.15, -0.1) is 0 Å². The van der Waals surface area contributed by atoms with Crippen molar-refractivity contribution in [3.8, 4) is 0 Å². The largest absolute Gasteiger partial charge is 0.456 e. The van der Waals surface area contributed by atoms with Gasteiger partial charge in [-0.05, 0) is 90.1 Å². The number of amides is 1. The fraction of sp³-hybridized carbons (Fsp3) is 0.452. The van der Waals surface area contributed by atoms with Crippen LogP contribution < -0.4 is 5.32 Å². The lowest BCUT2D eigenvalue weighted by atomic mass is 9.78. The molecule has 0 spiro atoms. The maximum Gasteiger partial charge on any atom is 0.338 e. The molecule has 2 unspecified atom stereocenters. The Morgan fingerprint density at radius 1 is 0.860 bits per heavy atom. The highest BCUT2D eigenvalue weighted by Crippen LogP contribution is 2.39. The van der Waals surface area contributed by atoms with Crippen molar-refractivity contribution in [1.82, 2.24) is 10.4 Å². The van der Waals surface area contributed by atoms with Gasteiger partial charge in [0.05, 0.1) is 5.56 Å². The summed E-state index contributed by atoms with van der Waals surface area (Å²) in [5.74, 6) is -1.32. The number of hydroxylamine groups is 2. The first kappa shape index (κ1) is 41.9. The van der Waals surface area contributed by atoms with Gasteiger partial charge in [0.15, 0.2) is 6.10 Å². The summed E-state index contributed by atoms with van der Waals surface area (Å²) in [5.41, 5.74) is 0.496. The molecule has 1 heterocycles. The predicted molar refractivity (Wildman–Crippen MR) is 201 cm³/mol. The van der Waals surface area contributed by atoms with Gasteiger partial charge in [0.2, 0.25) is 5.91 Å². The smallest absolute Gasteiger partial charge is 0.338 e. The minimum atomic E-state index is -0.829. The molecule has 1 aliphatic heterocycles. The molecule has 1 aliphatic rings. The molecule has 0 aliphatic carbocycles. The summed E-state index contributed by atoms with van der Waals surface area (Å²) in [5, 5.41) is 5.25. The molecule has 8 heteroatoms. The maximum absolute atomic E-state index is 13.4. The van der Waals surface area contributed by atoms with E-state index in [1.54, 1.807) is 30.3 Å². The molecule has 1 N–H and O–H groups in total. The number of rotatable bonds is 13. The maximum atomic E-state index is 13.4. The summed E-state index contributed by atoms with van der Waals surface area (Å²) < 4.78 is 11.7. The van der Waals surface area contributed by atoms with Crippen molar-refractivity contribution < 1.29 is 28.7 Å². The highest BCUT2D eigenvalue weighted by molar-refractivity contribution is 5.89. The topological polar surface area (TPSA) is 94.2 Å². The van der Waals surface area contributed by atoms with E-state index in [2.05, 4.69) is 33.0 Å². The molecule has 0 bridgehead atoms. The quantitative estimate of drug-likeness (QED) is 0.142. The monoisotopic (exact) mass is 686 g/mol. The highest BCUT2D eigenvalue weighted by atomic mass is 16.7. The molecule has 1 saturated heterocycles. The fourth-order valence-corrected chi connectivity index (χ4v) is 6.74. The summed E-state index contributed by atoms with van der Waals surface area (Å²) in [4.78, 5) is 45.4. The Kier molecular flexibility index (Phi) is 15.2. The van der Waals surface area contributed by atoms with Gasteiger partial charge >= 0.3 is 11.9 Å². The van der Waals surface area contributed by atoms with Crippen molar-refractivity contribution in [3.63, 3.8) is 0 Å². The standard InChI is InChI=1S/C40H50N2O6.2CH4/c1-29(25-40(6,7)48-35(43)24-23-30-17-11-8-12-18-30)36(44)41-33-26-38(2,3)42(39(4,5)27-33)46-28-34(31-19-13-9-14-20-31)47-37(45)32-21-15-10-16-22-32;;/h8-24,29,33-34H,25-28H2,1-7H3,(H,41,44);2*1H4/b24-23+;;. The third kappa shape index (κ3) is 12.0. The number of hydrogen-bond donors (Lipinski definition) is 1. The fourth-order valence-electron chi connectivity index (χ4n) is 6.74. The van der Waals surface area contributed by atoms with Crippen LogP contribution in [0.15, 0.2) is 97.1 Å². The van der Waals surface area contributed by atoms with E-state index in [0.29, 0.717) is 24.8 Å². The number of carbonyl (C=O) groups is 3. The van der Waals surface area contributed by atoms with Crippen molar-refractivity contribution in [1.29, 1.82) is 0 Å². The van der Waals surface area contributed by atoms with Gasteiger partial charge in [0.1, 0.15) is 12.2 Å². The van der Waals surface area contributed by atoms with E-state index in [9.17, 15) is 14.4 Å². The third-order valence-corrected chi connectivity index (χ3v) is 8.56. The summed E-state index contributed by atoms with van der Waals surface area (Å²) in [6.07, 6.45) is 4.19. The van der Waals surface area contributed by atoms with Gasteiger partial charge in [-0.2, -0.15) is 5.06 Å². The molecule has 50 heavy (non-hydrogen) atoms. The van der Waals surface area contributed by atoms with Gasteiger partial charge < -0.3 is 14.8 Å². The third-order valence-electron chi connectivity index (χ3n) is 8.56. The molecule has 4 rings (SSSR count). The molecule has 0 radical (unpaired) electrons. The average Bonchev–Trinajstić information content (AvgIpc) is 3.03. The normalized spacial score (nSPS) is 17.0. The molecular weight excluding hydrogens is 628 g/mol. The lowest BCUT2D eigenvalue weighted by molar-refractivity contribution is -0.292. The van der Waals surface area contributed by atoms with Crippen LogP contribution in [-0.4, -0.2) is 52.2 Å². The number of nitrogens with one attached hydrogen (secondary N) is 1.